The molecule has 0 heterocycles. The van der Waals surface area contributed by atoms with Crippen molar-refractivity contribution >= 4 is 0 Å². The van der Waals surface area contributed by atoms with Gasteiger partial charge in [-0.15, -0.1) is 0 Å². The Morgan fingerprint density at radius 3 is 2.27 bits per heavy atom. The third-order valence-electron chi connectivity index (χ3n) is 2.34. The molecule has 0 radical (unpaired) electrons. The summed E-state index contributed by atoms with van der Waals surface area (Å²) in [5.74, 6) is 1.69. The van der Waals surface area contributed by atoms with Crippen molar-refractivity contribution < 1.29 is 9.47 Å². The summed E-state index contributed by atoms with van der Waals surface area (Å²) < 4.78 is 10.5. The molecule has 15 heavy (non-hydrogen) atoms. The van der Waals surface area contributed by atoms with E-state index in [2.05, 4.69) is 6.07 Å². The Bertz CT molecular complexity index is 335. The highest BCUT2D eigenvalue weighted by Crippen LogP contribution is 2.29. The number of benzene rings is 1. The summed E-state index contributed by atoms with van der Waals surface area (Å²) >= 11 is 0. The molecule has 0 spiro atoms. The largest absolute Gasteiger partial charge is 0.496 e. The highest BCUT2D eigenvalue weighted by Gasteiger charge is 2.09. The Hall–Kier alpha value is -1.22. The molecular weight excluding hydrogens is 190 g/mol. The van der Waals surface area contributed by atoms with Crippen LogP contribution in [0.5, 0.6) is 11.5 Å². The van der Waals surface area contributed by atoms with Crippen LogP contribution in [0.25, 0.3) is 0 Å². The lowest BCUT2D eigenvalue weighted by Crippen LogP contribution is -2.18. The molecule has 3 nitrogen and oxygen atoms in total. The van der Waals surface area contributed by atoms with E-state index in [0.717, 1.165) is 29.0 Å². The monoisotopic (exact) mass is 209 g/mol. The minimum Gasteiger partial charge on any atom is -0.496 e. The van der Waals surface area contributed by atoms with Gasteiger partial charge in [-0.25, -0.2) is 0 Å². The van der Waals surface area contributed by atoms with Crippen molar-refractivity contribution in [3.8, 4) is 11.5 Å². The van der Waals surface area contributed by atoms with Gasteiger partial charge < -0.3 is 15.2 Å². The smallest absolute Gasteiger partial charge is 0.125 e. The zero-order chi connectivity index (χ0) is 11.4. The van der Waals surface area contributed by atoms with E-state index >= 15 is 0 Å². The maximum atomic E-state index is 5.78. The minimum absolute atomic E-state index is 0.131. The first-order valence-corrected chi connectivity index (χ1v) is 5.05. The number of hydrogen-bond donors (Lipinski definition) is 1. The maximum Gasteiger partial charge on any atom is 0.125 e. The predicted octanol–water partition coefficient (Wildman–Crippen LogP) is 1.90. The number of aryl methyl sites for hydroxylation is 1. The molecule has 0 aliphatic heterocycles. The normalized spacial score (nSPS) is 12.3. The van der Waals surface area contributed by atoms with Gasteiger partial charge in [0.05, 0.1) is 14.2 Å². The topological polar surface area (TPSA) is 44.5 Å². The van der Waals surface area contributed by atoms with Gasteiger partial charge in [0.2, 0.25) is 0 Å². The van der Waals surface area contributed by atoms with E-state index in [1.54, 1.807) is 14.2 Å². The molecule has 1 atom stereocenters. The summed E-state index contributed by atoms with van der Waals surface area (Å²) in [7, 11) is 3.32. The average molecular weight is 209 g/mol. The van der Waals surface area contributed by atoms with Crippen molar-refractivity contribution in [2.24, 2.45) is 5.73 Å². The Morgan fingerprint density at radius 2 is 1.80 bits per heavy atom. The zero-order valence-electron chi connectivity index (χ0n) is 9.83. The van der Waals surface area contributed by atoms with Gasteiger partial charge in [-0.05, 0) is 37.5 Å². The van der Waals surface area contributed by atoms with E-state index in [-0.39, 0.29) is 6.04 Å². The number of methoxy groups -OCH3 is 2. The SMILES string of the molecule is COc1cc(OC)c(CC(C)N)cc1C. The van der Waals surface area contributed by atoms with Crippen LogP contribution < -0.4 is 15.2 Å². The van der Waals surface area contributed by atoms with Crippen molar-refractivity contribution in [3.05, 3.63) is 23.3 Å². The van der Waals surface area contributed by atoms with Crippen LogP contribution >= 0.6 is 0 Å². The second kappa shape index (κ2) is 5.03. The first kappa shape index (κ1) is 11.9. The Balaban J connectivity index is 3.09. The van der Waals surface area contributed by atoms with Crippen LogP contribution in [0.3, 0.4) is 0 Å². The summed E-state index contributed by atoms with van der Waals surface area (Å²) in [5, 5.41) is 0. The molecule has 3 heteroatoms. The van der Waals surface area contributed by atoms with E-state index < -0.39 is 0 Å². The molecule has 84 valence electrons. The van der Waals surface area contributed by atoms with Gasteiger partial charge in [-0.1, -0.05) is 0 Å². The molecule has 0 bridgehead atoms. The van der Waals surface area contributed by atoms with Gasteiger partial charge >= 0.3 is 0 Å². The first-order valence-electron chi connectivity index (χ1n) is 5.05. The number of ether oxygens (including phenoxy) is 2. The molecule has 0 saturated carbocycles. The standard InChI is InChI=1S/C12H19NO2/c1-8-5-10(6-9(2)13)12(15-4)7-11(8)14-3/h5,7,9H,6,13H2,1-4H3. The molecule has 0 fully saturated rings. The number of nitrogens with two attached hydrogens (primary N) is 1. The molecule has 0 aliphatic rings. The zero-order valence-corrected chi connectivity index (χ0v) is 9.83. The quantitative estimate of drug-likeness (QED) is 0.823. The molecule has 1 unspecified atom stereocenters. The Labute approximate surface area is 91.2 Å². The number of hydrogen-bond acceptors (Lipinski definition) is 3. The molecule has 0 aromatic heterocycles. The van der Waals surface area contributed by atoms with Gasteiger partial charge in [0.15, 0.2) is 0 Å². The Morgan fingerprint density at radius 1 is 1.20 bits per heavy atom. The Kier molecular flexibility index (Phi) is 3.97. The van der Waals surface area contributed by atoms with Crippen molar-refractivity contribution in [3.63, 3.8) is 0 Å². The van der Waals surface area contributed by atoms with Crippen LogP contribution in [-0.4, -0.2) is 20.3 Å². The summed E-state index contributed by atoms with van der Waals surface area (Å²) in [6.45, 7) is 4.00. The molecule has 0 amide bonds. The minimum atomic E-state index is 0.131. The van der Waals surface area contributed by atoms with E-state index in [0.29, 0.717) is 0 Å². The second-order valence-electron chi connectivity index (χ2n) is 3.82. The fourth-order valence-electron chi connectivity index (χ4n) is 1.65. The summed E-state index contributed by atoms with van der Waals surface area (Å²) in [6, 6.07) is 4.11. The van der Waals surface area contributed by atoms with Crippen molar-refractivity contribution in [2.75, 3.05) is 14.2 Å². The van der Waals surface area contributed by atoms with E-state index in [1.807, 2.05) is 19.9 Å². The third-order valence-corrected chi connectivity index (χ3v) is 2.34. The summed E-state index contributed by atoms with van der Waals surface area (Å²) in [4.78, 5) is 0. The fourth-order valence-corrected chi connectivity index (χ4v) is 1.65. The van der Waals surface area contributed by atoms with Crippen LogP contribution in [0, 0.1) is 6.92 Å². The van der Waals surface area contributed by atoms with Gasteiger partial charge in [0, 0.05) is 12.1 Å². The number of rotatable bonds is 4. The molecular formula is C12H19NO2. The summed E-state index contributed by atoms with van der Waals surface area (Å²) in [5.41, 5.74) is 8.02. The molecule has 1 aromatic rings. The fraction of sp³-hybridized carbons (Fsp3) is 0.500. The maximum absolute atomic E-state index is 5.78. The molecule has 2 N–H and O–H groups in total. The van der Waals surface area contributed by atoms with Gasteiger partial charge in [-0.3, -0.25) is 0 Å². The van der Waals surface area contributed by atoms with Crippen LogP contribution in [-0.2, 0) is 6.42 Å². The molecule has 0 saturated heterocycles. The molecule has 1 rings (SSSR count). The molecule has 0 aliphatic carbocycles. The van der Waals surface area contributed by atoms with Crippen LogP contribution in [0.15, 0.2) is 12.1 Å². The van der Waals surface area contributed by atoms with Crippen LogP contribution in [0.4, 0.5) is 0 Å². The average Bonchev–Trinajstić information content (AvgIpc) is 2.17. The van der Waals surface area contributed by atoms with Gasteiger partial charge in [0.25, 0.3) is 0 Å². The highest BCUT2D eigenvalue weighted by atomic mass is 16.5. The van der Waals surface area contributed by atoms with Crippen LogP contribution in [0.1, 0.15) is 18.1 Å². The molecule has 1 aromatic carbocycles. The lowest BCUT2D eigenvalue weighted by Gasteiger charge is -2.14. The third kappa shape index (κ3) is 2.86. The van der Waals surface area contributed by atoms with Crippen molar-refractivity contribution in [1.29, 1.82) is 0 Å². The van der Waals surface area contributed by atoms with E-state index in [9.17, 15) is 0 Å². The van der Waals surface area contributed by atoms with Gasteiger partial charge in [-0.2, -0.15) is 0 Å². The highest BCUT2D eigenvalue weighted by molar-refractivity contribution is 5.46. The predicted molar refractivity (Wildman–Crippen MR) is 61.6 cm³/mol. The van der Waals surface area contributed by atoms with E-state index in [4.69, 9.17) is 15.2 Å². The van der Waals surface area contributed by atoms with Crippen molar-refractivity contribution in [1.82, 2.24) is 0 Å². The lowest BCUT2D eigenvalue weighted by atomic mass is 10.0. The van der Waals surface area contributed by atoms with Gasteiger partial charge in [0.1, 0.15) is 11.5 Å². The van der Waals surface area contributed by atoms with E-state index in [1.165, 1.54) is 0 Å². The summed E-state index contributed by atoms with van der Waals surface area (Å²) in [6.07, 6.45) is 0.813. The second-order valence-corrected chi connectivity index (χ2v) is 3.82. The lowest BCUT2D eigenvalue weighted by molar-refractivity contribution is 0.388. The first-order chi connectivity index (χ1) is 7.08. The van der Waals surface area contributed by atoms with Crippen molar-refractivity contribution in [2.45, 2.75) is 26.3 Å². The van der Waals surface area contributed by atoms with Crippen LogP contribution in [0.2, 0.25) is 0 Å².